The van der Waals surface area contributed by atoms with Crippen LogP contribution in [0.4, 0.5) is 0 Å². The van der Waals surface area contributed by atoms with Crippen LogP contribution in [0.3, 0.4) is 0 Å². The SMILES string of the molecule is [C-]#[N+]/C(C)=C\c1ccc(-c2cc3sc(-c4ccc(/C=C(\C#N)[N+]#[C-])s4)cc3n2C(C)C)o1. The van der Waals surface area contributed by atoms with E-state index < -0.39 is 0 Å². The maximum absolute atomic E-state index is 8.99. The second kappa shape index (κ2) is 8.73. The van der Waals surface area contributed by atoms with Gasteiger partial charge >= 0.3 is 0 Å². The van der Waals surface area contributed by atoms with Gasteiger partial charge in [-0.15, -0.1) is 22.7 Å². The molecule has 4 aromatic heterocycles. The number of allylic oxidation sites excluding steroid dienone is 2. The second-order valence-corrected chi connectivity index (χ2v) is 9.61. The van der Waals surface area contributed by atoms with Gasteiger partial charge in [-0.05, 0) is 69.3 Å². The van der Waals surface area contributed by atoms with Crippen LogP contribution >= 0.6 is 22.7 Å². The molecule has 0 fully saturated rings. The highest BCUT2D eigenvalue weighted by molar-refractivity contribution is 7.26. The topological polar surface area (TPSA) is 50.6 Å². The number of aromatic nitrogens is 1. The Kier molecular flexibility index (Phi) is 5.84. The van der Waals surface area contributed by atoms with E-state index in [4.69, 9.17) is 22.8 Å². The molecule has 0 N–H and O–H groups in total. The Bertz CT molecular complexity index is 1480. The third-order valence-corrected chi connectivity index (χ3v) is 7.13. The summed E-state index contributed by atoms with van der Waals surface area (Å²) in [6.45, 7) is 20.2. The molecule has 0 amide bonds. The molecule has 0 aliphatic heterocycles. The molecule has 0 aliphatic rings. The highest BCUT2D eigenvalue weighted by Gasteiger charge is 2.19. The Morgan fingerprint density at radius 2 is 1.91 bits per heavy atom. The summed E-state index contributed by atoms with van der Waals surface area (Å²) in [6.07, 6.45) is 3.37. The van der Waals surface area contributed by atoms with Crippen LogP contribution in [0.1, 0.15) is 37.5 Å². The largest absolute Gasteiger partial charge is 0.457 e. The van der Waals surface area contributed by atoms with Gasteiger partial charge in [0.1, 0.15) is 5.76 Å². The van der Waals surface area contributed by atoms with Crippen molar-refractivity contribution in [3.8, 4) is 27.3 Å². The van der Waals surface area contributed by atoms with E-state index in [2.05, 4.69) is 40.2 Å². The van der Waals surface area contributed by atoms with E-state index in [1.807, 2.05) is 30.3 Å². The van der Waals surface area contributed by atoms with Gasteiger partial charge < -0.3 is 8.98 Å². The summed E-state index contributed by atoms with van der Waals surface area (Å²) in [4.78, 5) is 9.80. The fourth-order valence-electron chi connectivity index (χ4n) is 3.47. The van der Waals surface area contributed by atoms with Crippen molar-refractivity contribution in [2.75, 3.05) is 0 Å². The summed E-state index contributed by atoms with van der Waals surface area (Å²) < 4.78 is 9.45. The molecule has 0 aromatic carbocycles. The van der Waals surface area contributed by atoms with Crippen LogP contribution in [0, 0.1) is 24.5 Å². The van der Waals surface area contributed by atoms with Gasteiger partial charge in [-0.2, -0.15) is 0 Å². The molecule has 7 heteroatoms. The first-order chi connectivity index (χ1) is 15.4. The smallest absolute Gasteiger partial charge is 0.263 e. The molecule has 4 rings (SSSR count). The van der Waals surface area contributed by atoms with Crippen molar-refractivity contribution in [2.45, 2.75) is 26.8 Å². The van der Waals surface area contributed by atoms with E-state index in [1.165, 1.54) is 4.70 Å². The maximum Gasteiger partial charge on any atom is 0.263 e. The lowest BCUT2D eigenvalue weighted by atomic mass is 10.3. The van der Waals surface area contributed by atoms with Gasteiger partial charge in [-0.25, -0.2) is 15.0 Å². The molecule has 0 saturated carbocycles. The average molecular weight is 455 g/mol. The van der Waals surface area contributed by atoms with Gasteiger partial charge in [-0.3, -0.25) is 0 Å². The van der Waals surface area contributed by atoms with Crippen molar-refractivity contribution in [2.24, 2.45) is 0 Å². The van der Waals surface area contributed by atoms with Crippen LogP contribution in [0.25, 0.3) is 53.3 Å². The number of fused-ring (bicyclic) bond motifs is 1. The lowest BCUT2D eigenvalue weighted by Crippen LogP contribution is -2.01. The van der Waals surface area contributed by atoms with Crippen molar-refractivity contribution < 1.29 is 4.42 Å². The van der Waals surface area contributed by atoms with Crippen LogP contribution in [-0.2, 0) is 0 Å². The van der Waals surface area contributed by atoms with E-state index >= 15 is 0 Å². The minimum absolute atomic E-state index is 0.0879. The second-order valence-electron chi connectivity index (χ2n) is 7.41. The van der Waals surface area contributed by atoms with E-state index in [0.29, 0.717) is 11.5 Å². The Hall–Kier alpha value is -3.83. The number of nitrogens with zero attached hydrogens (tertiary/aromatic N) is 4. The molecular formula is C25H18N4OS2. The molecule has 32 heavy (non-hydrogen) atoms. The number of rotatable bonds is 5. The number of thiophene rings is 2. The van der Waals surface area contributed by atoms with Crippen molar-refractivity contribution in [1.29, 1.82) is 5.26 Å². The summed E-state index contributed by atoms with van der Waals surface area (Å²) in [7, 11) is 0. The van der Waals surface area contributed by atoms with Gasteiger partial charge in [-0.1, -0.05) is 0 Å². The van der Waals surface area contributed by atoms with Gasteiger partial charge in [0.2, 0.25) is 0 Å². The van der Waals surface area contributed by atoms with Crippen LogP contribution in [0.2, 0.25) is 0 Å². The van der Waals surface area contributed by atoms with Gasteiger partial charge in [0.15, 0.2) is 11.5 Å². The summed E-state index contributed by atoms with van der Waals surface area (Å²) >= 11 is 3.28. The Labute approximate surface area is 194 Å². The third-order valence-electron chi connectivity index (χ3n) is 4.83. The Morgan fingerprint density at radius 3 is 2.59 bits per heavy atom. The molecule has 0 saturated heterocycles. The third kappa shape index (κ3) is 4.03. The predicted octanol–water partition coefficient (Wildman–Crippen LogP) is 8.34. The van der Waals surface area contributed by atoms with Gasteiger partial charge in [0.25, 0.3) is 5.70 Å². The summed E-state index contributed by atoms with van der Waals surface area (Å²) in [5, 5.41) is 8.99. The molecule has 0 atom stereocenters. The molecule has 0 aliphatic carbocycles. The standard InChI is InChI=1S/C25H18N4OS2/c1-15(2)29-20(22-8-6-18(30-22)10-16(3)27-4)12-24-21(29)13-25(32-24)23-9-7-19(31-23)11-17(14-26)28-5/h6-13,15H,1-3H3/b16-10-,17-11+. The number of furan rings is 1. The maximum atomic E-state index is 8.99. The molecule has 0 unspecified atom stereocenters. The first-order valence-corrected chi connectivity index (χ1v) is 11.5. The van der Waals surface area contributed by atoms with Crippen molar-refractivity contribution in [3.63, 3.8) is 0 Å². The van der Waals surface area contributed by atoms with Crippen molar-refractivity contribution in [1.82, 2.24) is 4.57 Å². The van der Waals surface area contributed by atoms with E-state index in [9.17, 15) is 0 Å². The summed E-state index contributed by atoms with van der Waals surface area (Å²) in [6, 6.07) is 14.3. The molecule has 0 radical (unpaired) electrons. The van der Waals surface area contributed by atoms with Crippen LogP contribution in [-0.4, -0.2) is 4.57 Å². The molecule has 4 heterocycles. The van der Waals surface area contributed by atoms with E-state index in [0.717, 1.165) is 31.6 Å². The molecular weight excluding hydrogens is 436 g/mol. The fourth-order valence-corrected chi connectivity index (χ4v) is 5.59. The zero-order valence-electron chi connectivity index (χ0n) is 17.7. The monoisotopic (exact) mass is 454 g/mol. The average Bonchev–Trinajstić information content (AvgIpc) is 3.53. The van der Waals surface area contributed by atoms with E-state index in [1.54, 1.807) is 41.7 Å². The van der Waals surface area contributed by atoms with Crippen molar-refractivity contribution in [3.05, 3.63) is 81.3 Å². The summed E-state index contributed by atoms with van der Waals surface area (Å²) in [5.74, 6) is 1.45. The van der Waals surface area contributed by atoms with Crippen molar-refractivity contribution >= 4 is 45.0 Å². The van der Waals surface area contributed by atoms with E-state index in [-0.39, 0.29) is 11.7 Å². The first kappa shape index (κ1) is 21.4. The minimum atomic E-state index is 0.0879. The van der Waals surface area contributed by atoms with Crippen LogP contribution in [0.15, 0.2) is 52.2 Å². The molecule has 4 aromatic rings. The molecule has 0 bridgehead atoms. The first-order valence-electron chi connectivity index (χ1n) is 9.83. The highest BCUT2D eigenvalue weighted by Crippen LogP contribution is 2.42. The molecule has 156 valence electrons. The number of nitriles is 1. The lowest BCUT2D eigenvalue weighted by molar-refractivity contribution is 0.553. The quantitative estimate of drug-likeness (QED) is 0.225. The number of hydrogen-bond donors (Lipinski definition) is 0. The Morgan fingerprint density at radius 1 is 1.09 bits per heavy atom. The van der Waals surface area contributed by atoms with Gasteiger partial charge in [0, 0.05) is 20.7 Å². The Balaban J connectivity index is 1.74. The normalized spacial score (nSPS) is 12.2. The van der Waals surface area contributed by atoms with Crippen LogP contribution < -0.4 is 0 Å². The predicted molar refractivity (Wildman–Crippen MR) is 132 cm³/mol. The molecule has 0 spiro atoms. The van der Waals surface area contributed by atoms with Gasteiger partial charge in [0.05, 0.1) is 35.1 Å². The summed E-state index contributed by atoms with van der Waals surface area (Å²) in [5.41, 5.74) is 2.83. The zero-order chi connectivity index (χ0) is 22.8. The fraction of sp³-hybridized carbons (Fsp3) is 0.160. The minimum Gasteiger partial charge on any atom is -0.457 e. The zero-order valence-corrected chi connectivity index (χ0v) is 19.3. The number of hydrogen-bond acceptors (Lipinski definition) is 4. The highest BCUT2D eigenvalue weighted by atomic mass is 32.1. The lowest BCUT2D eigenvalue weighted by Gasteiger charge is -2.12. The molecule has 5 nitrogen and oxygen atoms in total. The van der Waals surface area contributed by atoms with Crippen LogP contribution in [0.5, 0.6) is 0 Å².